The van der Waals surface area contributed by atoms with Crippen molar-refractivity contribution in [3.63, 3.8) is 0 Å². The molecule has 0 radical (unpaired) electrons. The van der Waals surface area contributed by atoms with Crippen molar-refractivity contribution < 1.29 is 0 Å². The lowest BCUT2D eigenvalue weighted by atomic mass is 10.2. The van der Waals surface area contributed by atoms with Gasteiger partial charge in [-0.05, 0) is 39.4 Å². The number of nitrogens with one attached hydrogen (secondary N) is 1. The van der Waals surface area contributed by atoms with Gasteiger partial charge in [-0.3, -0.25) is 0 Å². The van der Waals surface area contributed by atoms with Crippen LogP contribution in [0.2, 0.25) is 0 Å². The molecule has 2 rings (SSSR count). The van der Waals surface area contributed by atoms with Gasteiger partial charge in [-0.1, -0.05) is 0 Å². The summed E-state index contributed by atoms with van der Waals surface area (Å²) in [6.07, 6.45) is 4.88. The number of aromatic nitrogens is 2. The highest BCUT2D eigenvalue weighted by Gasteiger charge is 2.18. The van der Waals surface area contributed by atoms with E-state index in [0.717, 1.165) is 23.4 Å². The molecule has 3 nitrogen and oxygen atoms in total. The largest absolute Gasteiger partial charge is 0.353 e. The maximum atomic E-state index is 4.54. The van der Waals surface area contributed by atoms with Gasteiger partial charge in [0.05, 0.1) is 5.69 Å². The van der Waals surface area contributed by atoms with Crippen molar-refractivity contribution in [3.05, 3.63) is 11.9 Å². The Bertz CT molecular complexity index is 340. The smallest absolute Gasteiger partial charge is 0.203 e. The number of nitrogens with zero attached hydrogens (tertiary/aromatic N) is 2. The minimum Gasteiger partial charge on any atom is -0.353 e. The summed E-state index contributed by atoms with van der Waals surface area (Å²) in [5.41, 5.74) is 1.10. The van der Waals surface area contributed by atoms with Gasteiger partial charge in [0, 0.05) is 24.0 Å². The monoisotopic (exact) mass is 239 g/mol. The van der Waals surface area contributed by atoms with Gasteiger partial charge in [0.15, 0.2) is 0 Å². The molecular formula is C12H21N3S. The van der Waals surface area contributed by atoms with E-state index in [1.165, 1.54) is 18.6 Å². The molecule has 0 aliphatic carbocycles. The first-order chi connectivity index (χ1) is 7.65. The Balaban J connectivity index is 2.05. The number of anilines is 1. The predicted molar refractivity (Wildman–Crippen MR) is 71.2 cm³/mol. The summed E-state index contributed by atoms with van der Waals surface area (Å²) in [6, 6.07) is 0.441. The molecule has 90 valence electrons. The molecule has 1 atom stereocenters. The van der Waals surface area contributed by atoms with Crippen molar-refractivity contribution in [1.29, 1.82) is 0 Å². The molecule has 0 bridgehead atoms. The minimum absolute atomic E-state index is 0.441. The lowest BCUT2D eigenvalue weighted by Crippen LogP contribution is -2.17. The second-order valence-corrected chi connectivity index (χ2v) is 6.20. The van der Waals surface area contributed by atoms with Gasteiger partial charge in [0.1, 0.15) is 0 Å². The van der Waals surface area contributed by atoms with Crippen LogP contribution < -0.4 is 5.32 Å². The Morgan fingerprint density at radius 1 is 1.62 bits per heavy atom. The maximum Gasteiger partial charge on any atom is 0.203 e. The van der Waals surface area contributed by atoms with Crippen LogP contribution in [0.15, 0.2) is 6.20 Å². The zero-order valence-corrected chi connectivity index (χ0v) is 11.2. The predicted octanol–water partition coefficient (Wildman–Crippen LogP) is 2.91. The fraction of sp³-hybridized carbons (Fsp3) is 0.750. The summed E-state index contributed by atoms with van der Waals surface area (Å²) in [6.45, 7) is 7.46. The van der Waals surface area contributed by atoms with E-state index in [4.69, 9.17) is 0 Å². The first-order valence-corrected chi connectivity index (χ1v) is 7.12. The lowest BCUT2D eigenvalue weighted by molar-refractivity contribution is 0.637. The van der Waals surface area contributed by atoms with Crippen LogP contribution in [-0.4, -0.2) is 26.6 Å². The van der Waals surface area contributed by atoms with Crippen LogP contribution in [0, 0.1) is 6.92 Å². The number of rotatable bonds is 4. The molecular weight excluding hydrogens is 218 g/mol. The number of aryl methyl sites for hydroxylation is 1. The molecule has 16 heavy (non-hydrogen) atoms. The average molecular weight is 239 g/mol. The van der Waals surface area contributed by atoms with Gasteiger partial charge in [-0.15, -0.1) is 0 Å². The van der Waals surface area contributed by atoms with E-state index in [1.54, 1.807) is 0 Å². The quantitative estimate of drug-likeness (QED) is 0.876. The molecule has 1 aromatic heterocycles. The maximum absolute atomic E-state index is 4.54. The molecule has 4 heteroatoms. The van der Waals surface area contributed by atoms with Crippen molar-refractivity contribution in [2.75, 3.05) is 11.1 Å². The van der Waals surface area contributed by atoms with Crippen LogP contribution in [0.1, 0.15) is 32.4 Å². The summed E-state index contributed by atoms with van der Waals surface area (Å²) in [4.78, 5) is 4.54. The van der Waals surface area contributed by atoms with Crippen molar-refractivity contribution in [3.8, 4) is 0 Å². The molecule has 1 aliphatic rings. The third-order valence-corrected chi connectivity index (χ3v) is 4.12. The molecule has 0 aromatic carbocycles. The number of thioether (sulfide) groups is 1. The van der Waals surface area contributed by atoms with Crippen LogP contribution >= 0.6 is 11.8 Å². The van der Waals surface area contributed by atoms with E-state index < -0.39 is 0 Å². The zero-order chi connectivity index (χ0) is 11.5. The van der Waals surface area contributed by atoms with E-state index in [-0.39, 0.29) is 0 Å². The first kappa shape index (κ1) is 11.8. The molecule has 1 saturated heterocycles. The van der Waals surface area contributed by atoms with Gasteiger partial charge in [-0.2, -0.15) is 11.8 Å². The number of hydrogen-bond acceptors (Lipinski definition) is 3. The molecule has 2 heterocycles. The van der Waals surface area contributed by atoms with Gasteiger partial charge in [0.25, 0.3) is 0 Å². The molecule has 1 N–H and O–H groups in total. The van der Waals surface area contributed by atoms with E-state index in [1.807, 2.05) is 0 Å². The van der Waals surface area contributed by atoms with Crippen LogP contribution in [0.25, 0.3) is 0 Å². The molecule has 0 amide bonds. The molecule has 1 fully saturated rings. The zero-order valence-electron chi connectivity index (χ0n) is 10.4. The highest BCUT2D eigenvalue weighted by molar-refractivity contribution is 8.00. The summed E-state index contributed by atoms with van der Waals surface area (Å²) < 4.78 is 2.28. The Morgan fingerprint density at radius 2 is 2.44 bits per heavy atom. The van der Waals surface area contributed by atoms with Gasteiger partial charge in [0.2, 0.25) is 5.95 Å². The SMILES string of the molecule is Cc1cn(CC2CCCS2)c(NC(C)C)n1. The summed E-state index contributed by atoms with van der Waals surface area (Å²) >= 11 is 2.10. The van der Waals surface area contributed by atoms with Crippen molar-refractivity contribution in [2.45, 2.75) is 51.4 Å². The lowest BCUT2D eigenvalue weighted by Gasteiger charge is -2.14. The molecule has 1 unspecified atom stereocenters. The summed E-state index contributed by atoms with van der Waals surface area (Å²) in [5.74, 6) is 2.35. The Labute approximate surface area is 102 Å². The van der Waals surface area contributed by atoms with Crippen molar-refractivity contribution in [1.82, 2.24) is 9.55 Å². The number of imidazole rings is 1. The van der Waals surface area contributed by atoms with E-state index in [0.29, 0.717) is 6.04 Å². The molecule has 1 aromatic rings. The fourth-order valence-corrected chi connectivity index (χ4v) is 3.33. The van der Waals surface area contributed by atoms with Crippen LogP contribution in [0.4, 0.5) is 5.95 Å². The molecule has 0 spiro atoms. The van der Waals surface area contributed by atoms with Gasteiger partial charge >= 0.3 is 0 Å². The summed E-state index contributed by atoms with van der Waals surface area (Å²) in [5, 5.41) is 4.19. The first-order valence-electron chi connectivity index (χ1n) is 6.07. The average Bonchev–Trinajstić information content (AvgIpc) is 2.77. The highest BCUT2D eigenvalue weighted by atomic mass is 32.2. The molecule has 0 saturated carbocycles. The second-order valence-electron chi connectivity index (χ2n) is 4.79. The molecule has 1 aliphatic heterocycles. The Kier molecular flexibility index (Phi) is 3.79. The third kappa shape index (κ3) is 2.94. The normalized spacial score (nSPS) is 20.6. The van der Waals surface area contributed by atoms with Crippen LogP contribution in [0.3, 0.4) is 0 Å². The van der Waals surface area contributed by atoms with E-state index in [2.05, 4.69) is 53.6 Å². The third-order valence-electron chi connectivity index (χ3n) is 2.74. The van der Waals surface area contributed by atoms with E-state index in [9.17, 15) is 0 Å². The van der Waals surface area contributed by atoms with Crippen LogP contribution in [-0.2, 0) is 6.54 Å². The fourth-order valence-electron chi connectivity index (χ4n) is 2.07. The highest BCUT2D eigenvalue weighted by Crippen LogP contribution is 2.28. The van der Waals surface area contributed by atoms with E-state index >= 15 is 0 Å². The minimum atomic E-state index is 0.441. The Morgan fingerprint density at radius 3 is 3.06 bits per heavy atom. The topological polar surface area (TPSA) is 29.9 Å². The van der Waals surface area contributed by atoms with Crippen molar-refractivity contribution in [2.24, 2.45) is 0 Å². The Hall–Kier alpha value is -0.640. The number of hydrogen-bond donors (Lipinski definition) is 1. The standard InChI is InChI=1S/C12H21N3S/c1-9(2)13-12-14-10(3)7-15(12)8-11-5-4-6-16-11/h7,9,11H,4-6,8H2,1-3H3,(H,13,14). The van der Waals surface area contributed by atoms with Gasteiger partial charge < -0.3 is 9.88 Å². The van der Waals surface area contributed by atoms with Gasteiger partial charge in [-0.25, -0.2) is 4.98 Å². The van der Waals surface area contributed by atoms with Crippen LogP contribution in [0.5, 0.6) is 0 Å². The second kappa shape index (κ2) is 5.13. The van der Waals surface area contributed by atoms with Crippen molar-refractivity contribution >= 4 is 17.7 Å². The summed E-state index contributed by atoms with van der Waals surface area (Å²) in [7, 11) is 0.